The zero-order valence-corrected chi connectivity index (χ0v) is 9.77. The first-order valence-corrected chi connectivity index (χ1v) is 5.63. The van der Waals surface area contributed by atoms with E-state index in [-0.39, 0.29) is 13.2 Å². The Morgan fingerprint density at radius 2 is 2.06 bits per heavy atom. The zero-order valence-electron chi connectivity index (χ0n) is 9.77. The van der Waals surface area contributed by atoms with Crippen molar-refractivity contribution in [3.8, 4) is 5.69 Å². The van der Waals surface area contributed by atoms with Gasteiger partial charge in [-0.15, -0.1) is 5.10 Å². The van der Waals surface area contributed by atoms with Gasteiger partial charge in [0.2, 0.25) is 0 Å². The van der Waals surface area contributed by atoms with Crippen LogP contribution in [0.15, 0.2) is 30.3 Å². The second-order valence-corrected chi connectivity index (χ2v) is 3.81. The van der Waals surface area contributed by atoms with Crippen LogP contribution in [0.2, 0.25) is 0 Å². The Kier molecular flexibility index (Phi) is 4.35. The third-order valence-corrected chi connectivity index (χ3v) is 2.41. The second kappa shape index (κ2) is 6.20. The van der Waals surface area contributed by atoms with Crippen molar-refractivity contribution < 1.29 is 10.2 Å². The van der Waals surface area contributed by atoms with Crippen molar-refractivity contribution in [2.24, 2.45) is 0 Å². The van der Waals surface area contributed by atoms with Crippen LogP contribution >= 0.6 is 0 Å². The number of aliphatic hydroxyl groups is 2. The standard InChI is InChI=1S/C11H15N5O2/c17-8-10(18)6-12-7-11-13-14-15-16(11)9-4-2-1-3-5-9/h1-5,10,12,17-18H,6-8H2. The first-order valence-electron chi connectivity index (χ1n) is 5.63. The van der Waals surface area contributed by atoms with E-state index in [0.29, 0.717) is 12.4 Å². The summed E-state index contributed by atoms with van der Waals surface area (Å²) in [5.41, 5.74) is 0.877. The molecule has 0 aliphatic heterocycles. The van der Waals surface area contributed by atoms with Crippen molar-refractivity contribution in [1.29, 1.82) is 0 Å². The Labute approximate surface area is 104 Å². The highest BCUT2D eigenvalue weighted by Crippen LogP contribution is 2.06. The molecule has 2 aromatic rings. The fourth-order valence-electron chi connectivity index (χ4n) is 1.50. The Bertz CT molecular complexity index is 473. The molecule has 0 bridgehead atoms. The van der Waals surface area contributed by atoms with E-state index in [4.69, 9.17) is 5.11 Å². The fourth-order valence-corrected chi connectivity index (χ4v) is 1.50. The smallest absolute Gasteiger partial charge is 0.170 e. The molecule has 1 aromatic carbocycles. The SMILES string of the molecule is OCC(O)CNCc1nnnn1-c1ccccc1. The molecule has 0 saturated heterocycles. The first-order chi connectivity index (χ1) is 8.81. The van der Waals surface area contributed by atoms with Gasteiger partial charge < -0.3 is 15.5 Å². The van der Waals surface area contributed by atoms with Crippen LogP contribution in [-0.2, 0) is 6.54 Å². The van der Waals surface area contributed by atoms with Gasteiger partial charge in [0, 0.05) is 6.54 Å². The fraction of sp³-hybridized carbons (Fsp3) is 0.364. The van der Waals surface area contributed by atoms with Crippen molar-refractivity contribution in [3.05, 3.63) is 36.2 Å². The molecule has 96 valence electrons. The van der Waals surface area contributed by atoms with E-state index in [1.54, 1.807) is 4.68 Å². The van der Waals surface area contributed by atoms with Crippen LogP contribution < -0.4 is 5.32 Å². The van der Waals surface area contributed by atoms with Crippen molar-refractivity contribution in [1.82, 2.24) is 25.5 Å². The number of para-hydroxylation sites is 1. The summed E-state index contributed by atoms with van der Waals surface area (Å²) in [7, 11) is 0. The molecule has 0 spiro atoms. The number of nitrogens with one attached hydrogen (secondary N) is 1. The quantitative estimate of drug-likeness (QED) is 0.614. The van der Waals surface area contributed by atoms with Gasteiger partial charge in [-0.25, -0.2) is 0 Å². The van der Waals surface area contributed by atoms with Crippen molar-refractivity contribution in [2.75, 3.05) is 13.2 Å². The van der Waals surface area contributed by atoms with Gasteiger partial charge >= 0.3 is 0 Å². The van der Waals surface area contributed by atoms with Crippen LogP contribution in [0.4, 0.5) is 0 Å². The molecule has 2 rings (SSSR count). The lowest BCUT2D eigenvalue weighted by Crippen LogP contribution is -2.29. The molecule has 1 unspecified atom stereocenters. The number of hydrogen-bond acceptors (Lipinski definition) is 6. The molecule has 0 aliphatic carbocycles. The summed E-state index contributed by atoms with van der Waals surface area (Å²) >= 11 is 0. The van der Waals surface area contributed by atoms with E-state index < -0.39 is 6.10 Å². The van der Waals surface area contributed by atoms with Gasteiger partial charge in [0.15, 0.2) is 5.82 Å². The number of hydrogen-bond donors (Lipinski definition) is 3. The maximum Gasteiger partial charge on any atom is 0.170 e. The van der Waals surface area contributed by atoms with Crippen LogP contribution in [0, 0.1) is 0 Å². The van der Waals surface area contributed by atoms with Gasteiger partial charge in [0.25, 0.3) is 0 Å². The lowest BCUT2D eigenvalue weighted by atomic mass is 10.3. The lowest BCUT2D eigenvalue weighted by Gasteiger charge is -2.08. The molecule has 0 amide bonds. The predicted molar refractivity (Wildman–Crippen MR) is 64.0 cm³/mol. The van der Waals surface area contributed by atoms with Crippen molar-refractivity contribution >= 4 is 0 Å². The summed E-state index contributed by atoms with van der Waals surface area (Å²) in [5.74, 6) is 0.645. The monoisotopic (exact) mass is 249 g/mol. The van der Waals surface area contributed by atoms with E-state index >= 15 is 0 Å². The number of rotatable bonds is 6. The van der Waals surface area contributed by atoms with Gasteiger partial charge in [-0.2, -0.15) is 4.68 Å². The van der Waals surface area contributed by atoms with Crippen LogP contribution in [0.25, 0.3) is 5.69 Å². The van der Waals surface area contributed by atoms with E-state index in [2.05, 4.69) is 20.8 Å². The van der Waals surface area contributed by atoms with E-state index in [1.807, 2.05) is 30.3 Å². The van der Waals surface area contributed by atoms with Crippen LogP contribution in [0.3, 0.4) is 0 Å². The Balaban J connectivity index is 2.00. The normalized spacial score (nSPS) is 12.6. The average Bonchev–Trinajstić information content (AvgIpc) is 2.88. The molecule has 3 N–H and O–H groups in total. The molecule has 0 saturated carbocycles. The molecule has 7 nitrogen and oxygen atoms in total. The van der Waals surface area contributed by atoms with Crippen LogP contribution in [0.5, 0.6) is 0 Å². The summed E-state index contributed by atoms with van der Waals surface area (Å²) in [5, 5.41) is 32.3. The largest absolute Gasteiger partial charge is 0.394 e. The highest BCUT2D eigenvalue weighted by atomic mass is 16.3. The topological polar surface area (TPSA) is 96.1 Å². The van der Waals surface area contributed by atoms with Crippen LogP contribution in [0.1, 0.15) is 5.82 Å². The Morgan fingerprint density at radius 3 is 2.78 bits per heavy atom. The third-order valence-electron chi connectivity index (χ3n) is 2.41. The van der Waals surface area contributed by atoms with E-state index in [9.17, 15) is 5.11 Å². The summed E-state index contributed by atoms with van der Waals surface area (Å²) in [4.78, 5) is 0. The van der Waals surface area contributed by atoms with Gasteiger partial charge in [-0.05, 0) is 22.6 Å². The molecule has 18 heavy (non-hydrogen) atoms. The minimum Gasteiger partial charge on any atom is -0.394 e. The average molecular weight is 249 g/mol. The Hall–Kier alpha value is -1.83. The van der Waals surface area contributed by atoms with Crippen molar-refractivity contribution in [2.45, 2.75) is 12.6 Å². The summed E-state index contributed by atoms with van der Waals surface area (Å²) in [6.45, 7) is 0.438. The van der Waals surface area contributed by atoms with Gasteiger partial charge in [-0.3, -0.25) is 0 Å². The predicted octanol–water partition coefficient (Wildman–Crippen LogP) is -0.895. The molecule has 1 heterocycles. The number of nitrogens with zero attached hydrogens (tertiary/aromatic N) is 4. The number of tetrazole rings is 1. The number of aliphatic hydroxyl groups excluding tert-OH is 2. The summed E-state index contributed by atoms with van der Waals surface area (Å²) in [6, 6.07) is 9.54. The van der Waals surface area contributed by atoms with Gasteiger partial charge in [0.1, 0.15) is 0 Å². The van der Waals surface area contributed by atoms with E-state index in [1.165, 1.54) is 0 Å². The lowest BCUT2D eigenvalue weighted by molar-refractivity contribution is 0.0940. The molecule has 1 aromatic heterocycles. The first kappa shape index (κ1) is 12.6. The van der Waals surface area contributed by atoms with E-state index in [0.717, 1.165) is 5.69 Å². The summed E-state index contributed by atoms with van der Waals surface area (Å²) in [6.07, 6.45) is -0.772. The summed E-state index contributed by atoms with van der Waals surface area (Å²) < 4.78 is 1.62. The minimum absolute atomic E-state index is 0.267. The van der Waals surface area contributed by atoms with Crippen molar-refractivity contribution in [3.63, 3.8) is 0 Å². The van der Waals surface area contributed by atoms with Gasteiger partial charge in [0.05, 0.1) is 24.9 Å². The minimum atomic E-state index is -0.772. The molecule has 0 aliphatic rings. The molecule has 0 fully saturated rings. The molecular weight excluding hydrogens is 234 g/mol. The number of aromatic nitrogens is 4. The molecule has 0 radical (unpaired) electrons. The highest BCUT2D eigenvalue weighted by molar-refractivity contribution is 5.30. The highest BCUT2D eigenvalue weighted by Gasteiger charge is 2.08. The second-order valence-electron chi connectivity index (χ2n) is 3.81. The van der Waals surface area contributed by atoms with Crippen LogP contribution in [-0.4, -0.2) is 49.7 Å². The molecular formula is C11H15N5O2. The molecule has 7 heteroatoms. The third kappa shape index (κ3) is 3.10. The maximum absolute atomic E-state index is 9.20. The Morgan fingerprint density at radius 1 is 1.28 bits per heavy atom. The molecule has 1 atom stereocenters. The zero-order chi connectivity index (χ0) is 12.8. The van der Waals surface area contributed by atoms with Gasteiger partial charge in [-0.1, -0.05) is 18.2 Å². The maximum atomic E-state index is 9.20. The number of benzene rings is 1.